The zero-order chi connectivity index (χ0) is 23.7. The van der Waals surface area contributed by atoms with Gasteiger partial charge >= 0.3 is 5.97 Å². The van der Waals surface area contributed by atoms with E-state index in [0.717, 1.165) is 42.9 Å². The second-order valence-corrected chi connectivity index (χ2v) is 9.11. The van der Waals surface area contributed by atoms with Crippen LogP contribution in [0.25, 0.3) is 11.3 Å². The first-order valence-corrected chi connectivity index (χ1v) is 13.0. The number of hydrogen-bond acceptors (Lipinski definition) is 4. The number of unbranched alkanes of at least 4 members (excludes halogenated alkanes) is 8. The maximum absolute atomic E-state index is 12.0. The molecule has 4 heteroatoms. The Kier molecular flexibility index (Phi) is 13.3. The van der Waals surface area contributed by atoms with Crippen molar-refractivity contribution in [3.8, 4) is 22.8 Å². The van der Waals surface area contributed by atoms with E-state index in [1.807, 2.05) is 36.4 Å². The highest BCUT2D eigenvalue weighted by Gasteiger charge is 2.08. The first-order chi connectivity index (χ1) is 16.1. The molecule has 0 radical (unpaired) electrons. The van der Waals surface area contributed by atoms with Crippen LogP contribution in [0.4, 0.5) is 0 Å². The van der Waals surface area contributed by atoms with E-state index in [9.17, 15) is 4.79 Å². The fraction of sp³-hybridized carbons (Fsp3) is 0.586. The Balaban J connectivity index is 1.66. The zero-order valence-electron chi connectivity index (χ0n) is 21.0. The first-order valence-electron chi connectivity index (χ1n) is 13.0. The van der Waals surface area contributed by atoms with Crippen LogP contribution in [-0.4, -0.2) is 17.6 Å². The highest BCUT2D eigenvalue weighted by atomic mass is 16.5. The van der Waals surface area contributed by atoms with E-state index in [-0.39, 0.29) is 5.97 Å². The van der Waals surface area contributed by atoms with Gasteiger partial charge in [-0.05, 0) is 55.2 Å². The number of carbonyl (C=O) groups excluding carboxylic acids is 1. The normalized spacial score (nSPS) is 11.8. The molecule has 0 aliphatic heterocycles. The highest BCUT2D eigenvalue weighted by molar-refractivity contribution is 5.72. The van der Waals surface area contributed by atoms with E-state index in [1.54, 1.807) is 6.20 Å². The van der Waals surface area contributed by atoms with Gasteiger partial charge in [0.05, 0.1) is 18.5 Å². The Morgan fingerprint density at radius 2 is 1.48 bits per heavy atom. The van der Waals surface area contributed by atoms with Gasteiger partial charge in [-0.25, -0.2) is 0 Å². The fourth-order valence-corrected chi connectivity index (χ4v) is 3.68. The molecule has 0 N–H and O–H groups in total. The molecule has 1 aromatic carbocycles. The molecule has 33 heavy (non-hydrogen) atoms. The molecule has 1 unspecified atom stereocenters. The summed E-state index contributed by atoms with van der Waals surface area (Å²) in [7, 11) is 0. The number of nitrogens with zero attached hydrogens (tertiary/aromatic N) is 1. The summed E-state index contributed by atoms with van der Waals surface area (Å²) in [6.45, 7) is 7.30. The van der Waals surface area contributed by atoms with Crippen molar-refractivity contribution in [1.82, 2.24) is 4.98 Å². The van der Waals surface area contributed by atoms with Crippen LogP contribution in [0, 0.1) is 5.92 Å². The molecule has 1 atom stereocenters. The molecule has 2 aromatic rings. The lowest BCUT2D eigenvalue weighted by molar-refractivity contribution is -0.134. The molecule has 2 rings (SSSR count). The summed E-state index contributed by atoms with van der Waals surface area (Å²) in [6, 6.07) is 11.5. The molecule has 0 aliphatic carbocycles. The van der Waals surface area contributed by atoms with E-state index in [1.165, 1.54) is 51.4 Å². The predicted octanol–water partition coefficient (Wildman–Crippen LogP) is 8.39. The van der Waals surface area contributed by atoms with Crippen LogP contribution in [-0.2, 0) is 4.79 Å². The summed E-state index contributed by atoms with van der Waals surface area (Å²) in [5, 5.41) is 0. The van der Waals surface area contributed by atoms with Gasteiger partial charge in [-0.1, -0.05) is 78.6 Å². The first kappa shape index (κ1) is 26.9. The molecular formula is C29H43NO3. The summed E-state index contributed by atoms with van der Waals surface area (Å²) in [6.07, 6.45) is 16.0. The predicted molar refractivity (Wildman–Crippen MR) is 137 cm³/mol. The van der Waals surface area contributed by atoms with Crippen LogP contribution in [0.2, 0.25) is 0 Å². The van der Waals surface area contributed by atoms with E-state index in [4.69, 9.17) is 9.47 Å². The van der Waals surface area contributed by atoms with E-state index in [2.05, 4.69) is 25.8 Å². The molecule has 0 fully saturated rings. The number of hydrogen-bond donors (Lipinski definition) is 0. The third-order valence-corrected chi connectivity index (χ3v) is 6.17. The molecule has 0 saturated carbocycles. The lowest BCUT2D eigenvalue weighted by Gasteiger charge is -2.09. The lowest BCUT2D eigenvalue weighted by atomic mass is 10.0. The number of benzene rings is 1. The Bertz CT molecular complexity index is 770. The van der Waals surface area contributed by atoms with Crippen molar-refractivity contribution in [3.63, 3.8) is 0 Å². The van der Waals surface area contributed by atoms with Crippen molar-refractivity contribution in [2.24, 2.45) is 5.92 Å². The smallest absolute Gasteiger partial charge is 0.311 e. The van der Waals surface area contributed by atoms with Gasteiger partial charge in [-0.15, -0.1) is 0 Å². The minimum absolute atomic E-state index is 0.172. The van der Waals surface area contributed by atoms with Crippen molar-refractivity contribution < 1.29 is 14.3 Å². The second-order valence-electron chi connectivity index (χ2n) is 9.11. The topological polar surface area (TPSA) is 48.4 Å². The minimum atomic E-state index is -0.172. The van der Waals surface area contributed by atoms with Crippen LogP contribution in [0.3, 0.4) is 0 Å². The summed E-state index contributed by atoms with van der Waals surface area (Å²) >= 11 is 0. The van der Waals surface area contributed by atoms with Gasteiger partial charge in [0.15, 0.2) is 0 Å². The molecule has 0 spiro atoms. The average Bonchev–Trinajstić information content (AvgIpc) is 2.84. The number of ether oxygens (including phenoxy) is 2. The quantitative estimate of drug-likeness (QED) is 0.137. The molecule has 0 aliphatic rings. The number of esters is 1. The van der Waals surface area contributed by atoms with Crippen LogP contribution >= 0.6 is 0 Å². The van der Waals surface area contributed by atoms with Crippen LogP contribution in [0.15, 0.2) is 42.6 Å². The zero-order valence-corrected chi connectivity index (χ0v) is 21.0. The van der Waals surface area contributed by atoms with Crippen LogP contribution < -0.4 is 9.47 Å². The summed E-state index contributed by atoms with van der Waals surface area (Å²) in [5.74, 6) is 1.76. The monoisotopic (exact) mass is 453 g/mol. The lowest BCUT2D eigenvalue weighted by Crippen LogP contribution is -2.09. The van der Waals surface area contributed by atoms with Crippen molar-refractivity contribution >= 4 is 5.97 Å². The molecule has 1 aromatic heterocycles. The van der Waals surface area contributed by atoms with E-state index < -0.39 is 0 Å². The van der Waals surface area contributed by atoms with Crippen LogP contribution in [0.5, 0.6) is 11.5 Å². The van der Waals surface area contributed by atoms with Gasteiger partial charge < -0.3 is 9.47 Å². The standard InChI is InChI=1S/C29H43NO3/c1-4-6-7-8-9-10-11-12-13-22-32-27-19-20-28(30-23-27)25-15-17-26(18-16-25)33-29(31)21-14-24(3)5-2/h15-20,23-24H,4-14,21-22H2,1-3H3. The third-order valence-electron chi connectivity index (χ3n) is 6.17. The van der Waals surface area contributed by atoms with E-state index >= 15 is 0 Å². The largest absolute Gasteiger partial charge is 0.492 e. The van der Waals surface area contributed by atoms with Crippen molar-refractivity contribution in [2.75, 3.05) is 6.61 Å². The molecule has 0 amide bonds. The molecule has 0 bridgehead atoms. The van der Waals surface area contributed by atoms with Crippen molar-refractivity contribution in [3.05, 3.63) is 42.6 Å². The number of pyridine rings is 1. The van der Waals surface area contributed by atoms with Crippen LogP contribution in [0.1, 0.15) is 97.8 Å². The average molecular weight is 454 g/mol. The highest BCUT2D eigenvalue weighted by Crippen LogP contribution is 2.23. The molecule has 182 valence electrons. The number of aromatic nitrogens is 1. The number of rotatable bonds is 17. The Morgan fingerprint density at radius 1 is 0.848 bits per heavy atom. The van der Waals surface area contributed by atoms with Gasteiger partial charge in [-0.3, -0.25) is 9.78 Å². The molecule has 4 nitrogen and oxygen atoms in total. The van der Waals surface area contributed by atoms with Gasteiger partial charge in [0.2, 0.25) is 0 Å². The maximum atomic E-state index is 12.0. The second kappa shape index (κ2) is 16.3. The third kappa shape index (κ3) is 11.4. The van der Waals surface area contributed by atoms with Gasteiger partial charge in [-0.2, -0.15) is 0 Å². The minimum Gasteiger partial charge on any atom is -0.492 e. The SMILES string of the molecule is CCCCCCCCCCCOc1ccc(-c2ccc(OC(=O)CCC(C)CC)cc2)nc1. The molecule has 0 saturated heterocycles. The summed E-state index contributed by atoms with van der Waals surface area (Å²) in [5.41, 5.74) is 1.86. The summed E-state index contributed by atoms with van der Waals surface area (Å²) < 4.78 is 11.3. The molecular weight excluding hydrogens is 410 g/mol. The van der Waals surface area contributed by atoms with Crippen molar-refractivity contribution in [2.45, 2.75) is 97.8 Å². The fourth-order valence-electron chi connectivity index (χ4n) is 3.68. The van der Waals surface area contributed by atoms with Crippen molar-refractivity contribution in [1.29, 1.82) is 0 Å². The maximum Gasteiger partial charge on any atom is 0.311 e. The van der Waals surface area contributed by atoms with E-state index in [0.29, 0.717) is 18.1 Å². The Labute approximate surface area is 201 Å². The Hall–Kier alpha value is -2.36. The van der Waals surface area contributed by atoms with Gasteiger partial charge in [0.25, 0.3) is 0 Å². The van der Waals surface area contributed by atoms with Gasteiger partial charge in [0, 0.05) is 12.0 Å². The number of carbonyl (C=O) groups is 1. The summed E-state index contributed by atoms with van der Waals surface area (Å²) in [4.78, 5) is 16.5. The molecule has 1 heterocycles. The Morgan fingerprint density at radius 3 is 2.09 bits per heavy atom. The van der Waals surface area contributed by atoms with Gasteiger partial charge in [0.1, 0.15) is 11.5 Å².